The van der Waals surface area contributed by atoms with E-state index < -0.39 is 24.0 Å². The third-order valence-corrected chi connectivity index (χ3v) is 5.35. The second-order valence-corrected chi connectivity index (χ2v) is 9.14. The molecule has 3 fully saturated rings. The molecule has 0 aromatic heterocycles. The molecule has 3 aliphatic rings. The van der Waals surface area contributed by atoms with Crippen molar-refractivity contribution >= 4 is 12.0 Å². The van der Waals surface area contributed by atoms with Crippen molar-refractivity contribution in [3.63, 3.8) is 0 Å². The van der Waals surface area contributed by atoms with Gasteiger partial charge in [0.2, 0.25) is 5.91 Å². The number of hydrazine groups is 1. The summed E-state index contributed by atoms with van der Waals surface area (Å²) in [6.07, 6.45) is 5.87. The lowest BCUT2D eigenvalue weighted by molar-refractivity contribution is -0.124. The van der Waals surface area contributed by atoms with Gasteiger partial charge in [-0.1, -0.05) is 19.3 Å². The third kappa shape index (κ3) is 6.58. The summed E-state index contributed by atoms with van der Waals surface area (Å²) in [7, 11) is 0. The van der Waals surface area contributed by atoms with Crippen LogP contribution in [0.4, 0.5) is 4.79 Å². The molecule has 3 unspecified atom stereocenters. The number of carbonyl (C=O) groups is 2. The topological polar surface area (TPSA) is 104 Å². The van der Waals surface area contributed by atoms with Crippen molar-refractivity contribution in [3.8, 4) is 0 Å². The number of hydrogen-bond acceptors (Lipinski definition) is 7. The molecule has 2 heterocycles. The van der Waals surface area contributed by atoms with Crippen LogP contribution in [-0.4, -0.2) is 60.6 Å². The first kappa shape index (κ1) is 21.3. The predicted octanol–water partition coefficient (Wildman–Crippen LogP) is 1.02. The van der Waals surface area contributed by atoms with E-state index in [-0.39, 0.29) is 11.9 Å². The van der Waals surface area contributed by atoms with E-state index in [1.807, 2.05) is 0 Å². The molecule has 3 rings (SSSR count). The van der Waals surface area contributed by atoms with Crippen molar-refractivity contribution in [2.75, 3.05) is 19.6 Å². The smallest absolute Gasteiger partial charge is 0.409 e. The summed E-state index contributed by atoms with van der Waals surface area (Å²) in [6.45, 7) is 8.00. The maximum absolute atomic E-state index is 12.5. The number of amides is 2. The second-order valence-electron chi connectivity index (χ2n) is 9.14. The zero-order valence-electron chi connectivity index (χ0n) is 17.3. The first-order valence-electron chi connectivity index (χ1n) is 10.5. The predicted molar refractivity (Wildman–Crippen MR) is 104 cm³/mol. The lowest BCUT2D eigenvalue weighted by Crippen LogP contribution is -2.47. The highest BCUT2D eigenvalue weighted by Crippen LogP contribution is 2.24. The first-order chi connectivity index (χ1) is 13.3. The molecule has 2 saturated heterocycles. The molecular weight excluding hydrogens is 362 g/mol. The van der Waals surface area contributed by atoms with Gasteiger partial charge in [0, 0.05) is 26.1 Å². The summed E-state index contributed by atoms with van der Waals surface area (Å²) in [4.78, 5) is 29.6. The summed E-state index contributed by atoms with van der Waals surface area (Å²) >= 11 is 0. The van der Waals surface area contributed by atoms with Gasteiger partial charge < -0.3 is 10.1 Å². The van der Waals surface area contributed by atoms with E-state index in [0.717, 1.165) is 25.6 Å². The van der Waals surface area contributed by atoms with Crippen LogP contribution in [-0.2, 0) is 14.4 Å². The maximum Gasteiger partial charge on any atom is 0.409 e. The van der Waals surface area contributed by atoms with Gasteiger partial charge in [0.1, 0.15) is 11.6 Å². The van der Waals surface area contributed by atoms with Crippen molar-refractivity contribution < 1.29 is 19.2 Å². The van der Waals surface area contributed by atoms with Crippen LogP contribution in [0.15, 0.2) is 0 Å². The second kappa shape index (κ2) is 9.39. The zero-order chi connectivity index (χ0) is 20.1. The Labute approximate surface area is 167 Å². The fourth-order valence-electron chi connectivity index (χ4n) is 4.02. The van der Waals surface area contributed by atoms with Gasteiger partial charge in [-0.25, -0.2) is 9.80 Å². The van der Waals surface area contributed by atoms with Crippen molar-refractivity contribution in [1.82, 2.24) is 26.5 Å². The molecule has 0 aromatic rings. The highest BCUT2D eigenvalue weighted by molar-refractivity contribution is 5.82. The summed E-state index contributed by atoms with van der Waals surface area (Å²) in [5.41, 5.74) is 5.53. The summed E-state index contributed by atoms with van der Waals surface area (Å²) in [5, 5.41) is 7.93. The molecule has 4 N–H and O–H groups in total. The zero-order valence-corrected chi connectivity index (χ0v) is 17.3. The van der Waals surface area contributed by atoms with Crippen LogP contribution in [0.1, 0.15) is 59.3 Å². The number of hydrogen-bond donors (Lipinski definition) is 4. The minimum atomic E-state index is -0.588. The first-order valence-corrected chi connectivity index (χ1v) is 10.5. The van der Waals surface area contributed by atoms with Crippen LogP contribution in [0.2, 0.25) is 0 Å². The van der Waals surface area contributed by atoms with Gasteiger partial charge in [-0.2, -0.15) is 5.48 Å². The lowest BCUT2D eigenvalue weighted by atomic mass is 9.89. The SMILES string of the molecule is CC(C)(C)OC(=O)NC1CC(C(=O)NC2CNN(CC3CCCCC3)C2)NO1. The van der Waals surface area contributed by atoms with Gasteiger partial charge in [-0.05, 0) is 39.5 Å². The van der Waals surface area contributed by atoms with E-state index >= 15 is 0 Å². The standard InChI is InChI=1S/C19H35N5O4/c1-19(2,3)27-18(26)22-16-9-15(23-28-16)17(25)21-14-10-20-24(12-14)11-13-7-5-4-6-8-13/h13-16,20,23H,4-12H2,1-3H3,(H,21,25)(H,22,26). The Kier molecular flexibility index (Phi) is 7.14. The summed E-state index contributed by atoms with van der Waals surface area (Å²) < 4.78 is 5.20. The number of nitrogens with one attached hydrogen (secondary N) is 4. The Bertz CT molecular complexity index is 547. The molecule has 1 saturated carbocycles. The number of rotatable bonds is 5. The molecule has 1 aliphatic carbocycles. The molecule has 3 atom stereocenters. The fraction of sp³-hybridized carbons (Fsp3) is 0.895. The number of nitrogens with zero attached hydrogens (tertiary/aromatic N) is 1. The van der Waals surface area contributed by atoms with Crippen molar-refractivity contribution in [2.45, 2.75) is 83.2 Å². The highest BCUT2D eigenvalue weighted by Gasteiger charge is 2.35. The Morgan fingerprint density at radius 3 is 2.64 bits per heavy atom. The van der Waals surface area contributed by atoms with Crippen LogP contribution >= 0.6 is 0 Å². The van der Waals surface area contributed by atoms with Gasteiger partial charge in [0.15, 0.2) is 6.23 Å². The van der Waals surface area contributed by atoms with Crippen LogP contribution in [0.5, 0.6) is 0 Å². The average Bonchev–Trinajstić information content (AvgIpc) is 3.24. The van der Waals surface area contributed by atoms with Crippen LogP contribution in [0, 0.1) is 5.92 Å². The monoisotopic (exact) mass is 397 g/mol. The molecule has 0 radical (unpaired) electrons. The Hall–Kier alpha value is -1.42. The Morgan fingerprint density at radius 1 is 1.18 bits per heavy atom. The summed E-state index contributed by atoms with van der Waals surface area (Å²) in [5.74, 6) is 0.653. The quantitative estimate of drug-likeness (QED) is 0.549. The number of carbonyl (C=O) groups excluding carboxylic acids is 2. The molecule has 28 heavy (non-hydrogen) atoms. The van der Waals surface area contributed by atoms with E-state index in [2.05, 4.69) is 26.5 Å². The Balaban J connectivity index is 1.35. The number of ether oxygens (including phenoxy) is 1. The van der Waals surface area contributed by atoms with Crippen molar-refractivity contribution in [2.24, 2.45) is 5.92 Å². The fourth-order valence-corrected chi connectivity index (χ4v) is 4.02. The maximum atomic E-state index is 12.5. The largest absolute Gasteiger partial charge is 0.444 e. The number of alkyl carbamates (subject to hydrolysis) is 1. The molecule has 2 amide bonds. The molecule has 9 heteroatoms. The molecule has 9 nitrogen and oxygen atoms in total. The van der Waals surface area contributed by atoms with Gasteiger partial charge in [-0.3, -0.25) is 20.4 Å². The van der Waals surface area contributed by atoms with E-state index in [4.69, 9.17) is 9.57 Å². The molecule has 2 aliphatic heterocycles. The van der Waals surface area contributed by atoms with Crippen LogP contribution in [0.3, 0.4) is 0 Å². The average molecular weight is 398 g/mol. The van der Waals surface area contributed by atoms with Gasteiger partial charge in [-0.15, -0.1) is 0 Å². The normalized spacial score (nSPS) is 29.6. The van der Waals surface area contributed by atoms with E-state index in [1.165, 1.54) is 32.1 Å². The van der Waals surface area contributed by atoms with E-state index in [9.17, 15) is 9.59 Å². The molecule has 0 aromatic carbocycles. The minimum absolute atomic E-state index is 0.0794. The van der Waals surface area contributed by atoms with Gasteiger partial charge >= 0.3 is 6.09 Å². The van der Waals surface area contributed by atoms with Crippen molar-refractivity contribution in [3.05, 3.63) is 0 Å². The van der Waals surface area contributed by atoms with Crippen molar-refractivity contribution in [1.29, 1.82) is 0 Å². The van der Waals surface area contributed by atoms with Crippen LogP contribution < -0.4 is 21.5 Å². The molecule has 0 bridgehead atoms. The third-order valence-electron chi connectivity index (χ3n) is 5.35. The lowest BCUT2D eigenvalue weighted by Gasteiger charge is -2.26. The minimum Gasteiger partial charge on any atom is -0.444 e. The molecular formula is C19H35N5O4. The van der Waals surface area contributed by atoms with E-state index in [0.29, 0.717) is 6.42 Å². The number of hydroxylamine groups is 1. The highest BCUT2D eigenvalue weighted by atomic mass is 16.7. The molecule has 160 valence electrons. The van der Waals surface area contributed by atoms with Gasteiger partial charge in [0.25, 0.3) is 0 Å². The van der Waals surface area contributed by atoms with Crippen LogP contribution in [0.25, 0.3) is 0 Å². The summed E-state index contributed by atoms with van der Waals surface area (Å²) in [6, 6.07) is -0.414. The molecule has 0 spiro atoms. The van der Waals surface area contributed by atoms with Gasteiger partial charge in [0.05, 0.1) is 6.04 Å². The van der Waals surface area contributed by atoms with E-state index in [1.54, 1.807) is 20.8 Å². The Morgan fingerprint density at radius 2 is 1.93 bits per heavy atom.